The number of sulfonamides is 1. The predicted molar refractivity (Wildman–Crippen MR) is 215 cm³/mol. The monoisotopic (exact) mass is 911 g/mol. The van der Waals surface area contributed by atoms with Crippen LogP contribution < -0.4 is 30.6 Å². The lowest BCUT2D eigenvalue weighted by Crippen LogP contribution is -2.55. The van der Waals surface area contributed by atoms with E-state index < -0.39 is 58.2 Å². The lowest BCUT2D eigenvalue weighted by molar-refractivity contribution is -0.193. The minimum Gasteiger partial charge on any atom is -0.494 e. The lowest BCUT2D eigenvalue weighted by Gasteiger charge is -2.24. The number of benzene rings is 4. The Morgan fingerprint density at radius 1 is 0.730 bits per heavy atom. The molecule has 8 N–H and O–H groups in total. The number of carboxylic acids is 2. The largest absolute Gasteiger partial charge is 0.494 e. The van der Waals surface area contributed by atoms with Gasteiger partial charge in [-0.05, 0) is 65.8 Å². The van der Waals surface area contributed by atoms with Gasteiger partial charge in [-0.25, -0.2) is 22.7 Å². The van der Waals surface area contributed by atoms with Crippen LogP contribution in [0.15, 0.2) is 103 Å². The van der Waals surface area contributed by atoms with Crippen LogP contribution in [0.1, 0.15) is 40.7 Å². The highest BCUT2D eigenvalue weighted by Gasteiger charge is 2.39. The molecule has 0 saturated heterocycles. The highest BCUT2D eigenvalue weighted by molar-refractivity contribution is 7.88. The van der Waals surface area contributed by atoms with Crippen LogP contribution >= 0.6 is 0 Å². The Bertz CT molecular complexity index is 2220. The number of carboxylic acid groups (broad SMARTS) is 2. The van der Waals surface area contributed by atoms with E-state index >= 15 is 0 Å². The Hall–Kier alpha value is -6.68. The summed E-state index contributed by atoms with van der Waals surface area (Å²) in [6.07, 6.45) is -8.38. The van der Waals surface area contributed by atoms with Gasteiger partial charge in [0.2, 0.25) is 21.8 Å². The minimum atomic E-state index is -5.08. The zero-order valence-electron chi connectivity index (χ0n) is 33.0. The topological polar surface area (TPSA) is 247 Å². The normalized spacial score (nSPS) is 15.9. The van der Waals surface area contributed by atoms with Gasteiger partial charge in [-0.15, -0.1) is 0 Å². The molecule has 4 heterocycles. The van der Waals surface area contributed by atoms with Crippen molar-refractivity contribution in [2.24, 2.45) is 5.73 Å². The minimum absolute atomic E-state index is 0.0446. The number of aliphatic carboxylic acids is 2. The summed E-state index contributed by atoms with van der Waals surface area (Å²) in [6, 6.07) is 27.9. The molecule has 0 unspecified atom stereocenters. The summed E-state index contributed by atoms with van der Waals surface area (Å²) in [5.74, 6) is -5.63. The van der Waals surface area contributed by atoms with Crippen molar-refractivity contribution in [3.05, 3.63) is 131 Å². The highest BCUT2D eigenvalue weighted by atomic mass is 32.2. The third kappa shape index (κ3) is 18.9. The fourth-order valence-electron chi connectivity index (χ4n) is 5.34. The molecule has 0 radical (unpaired) electrons. The third-order valence-electron chi connectivity index (χ3n) is 8.49. The van der Waals surface area contributed by atoms with Crippen molar-refractivity contribution >= 4 is 39.6 Å². The third-order valence-corrected chi connectivity index (χ3v) is 9.85. The van der Waals surface area contributed by atoms with Gasteiger partial charge in [-0.2, -0.15) is 26.3 Å². The maximum atomic E-state index is 14.0. The zero-order chi connectivity index (χ0) is 46.8. The van der Waals surface area contributed by atoms with Crippen molar-refractivity contribution in [1.29, 1.82) is 5.41 Å². The fourth-order valence-corrected chi connectivity index (χ4v) is 6.67. The van der Waals surface area contributed by atoms with Gasteiger partial charge < -0.3 is 36.1 Å². The van der Waals surface area contributed by atoms with Crippen LogP contribution in [0.3, 0.4) is 0 Å². The number of hydrogen-bond donors (Lipinski definition) is 7. The number of nitrogens with two attached hydrogens (primary N) is 1. The van der Waals surface area contributed by atoms with Gasteiger partial charge in [0.05, 0.1) is 19.0 Å². The molecule has 4 aromatic carbocycles. The molecule has 15 nitrogen and oxygen atoms in total. The number of alkyl halides is 6. The summed E-state index contributed by atoms with van der Waals surface area (Å²) in [7, 11) is -3.97. The number of hydrogen-bond acceptors (Lipinski definition) is 9. The van der Waals surface area contributed by atoms with Crippen LogP contribution in [0.5, 0.6) is 11.5 Å². The molecule has 340 valence electrons. The number of amides is 2. The first kappa shape index (κ1) is 50.7. The van der Waals surface area contributed by atoms with E-state index in [-0.39, 0.29) is 31.0 Å². The Morgan fingerprint density at radius 3 is 1.63 bits per heavy atom. The van der Waals surface area contributed by atoms with Crippen molar-refractivity contribution in [3.8, 4) is 11.5 Å². The number of nitrogen functional groups attached to an aromatic ring is 1. The van der Waals surface area contributed by atoms with Crippen LogP contribution in [-0.2, 0) is 54.3 Å². The van der Waals surface area contributed by atoms with E-state index in [1.54, 1.807) is 78.9 Å². The molecule has 0 aliphatic carbocycles. The molecule has 8 rings (SSSR count). The number of ether oxygens (including phenoxy) is 2. The first-order valence-electron chi connectivity index (χ1n) is 18.6. The Kier molecular flexibility index (Phi) is 18.9. The van der Waals surface area contributed by atoms with Gasteiger partial charge in [0.1, 0.15) is 29.4 Å². The molecular formula is C41H43F6N5O10S. The Morgan fingerprint density at radius 2 is 1.19 bits per heavy atom. The van der Waals surface area contributed by atoms with Gasteiger partial charge in [-0.1, -0.05) is 78.9 Å². The molecule has 4 aromatic rings. The number of nitrogens with one attached hydrogen (secondary N) is 4. The van der Waals surface area contributed by atoms with Crippen molar-refractivity contribution in [2.75, 3.05) is 13.2 Å². The van der Waals surface area contributed by atoms with E-state index in [2.05, 4.69) is 15.4 Å². The fraction of sp³-hybridized carbons (Fsp3) is 0.293. The molecule has 0 aromatic heterocycles. The Labute approximate surface area is 357 Å². The molecule has 0 saturated carbocycles. The smallest absolute Gasteiger partial charge is 0.490 e. The maximum absolute atomic E-state index is 14.0. The molecular weight excluding hydrogens is 869 g/mol. The van der Waals surface area contributed by atoms with Crippen molar-refractivity contribution in [2.45, 2.75) is 62.4 Å². The first-order valence-corrected chi connectivity index (χ1v) is 20.3. The van der Waals surface area contributed by atoms with E-state index in [1.165, 1.54) is 0 Å². The summed E-state index contributed by atoms with van der Waals surface area (Å²) < 4.78 is 105. The SMILES string of the molecule is N=C(N)c1ccc(CNC(=O)[C@@H]2Cc3ccc(cc3)OCCCCOc3ccc(cc3)C[C@@H](NS(=O)(=O)Cc3ccccc3)C(=O)N2)cc1.O=C(O)C(F)(F)F.O=C(O)C(F)(F)F. The van der Waals surface area contributed by atoms with Gasteiger partial charge in [-0.3, -0.25) is 15.0 Å². The second-order valence-electron chi connectivity index (χ2n) is 13.5. The molecule has 2 atom stereocenters. The van der Waals surface area contributed by atoms with E-state index in [0.717, 1.165) is 24.0 Å². The van der Waals surface area contributed by atoms with Gasteiger partial charge in [0, 0.05) is 18.5 Å². The predicted octanol–water partition coefficient (Wildman–Crippen LogP) is 4.86. The number of carbonyl (C=O) groups excluding carboxylic acids is 2. The zero-order valence-corrected chi connectivity index (χ0v) is 33.9. The summed E-state index contributed by atoms with van der Waals surface area (Å²) in [6.45, 7) is 1.20. The lowest BCUT2D eigenvalue weighted by atomic mass is 10.0. The van der Waals surface area contributed by atoms with Crippen molar-refractivity contribution in [1.82, 2.24) is 15.4 Å². The quantitative estimate of drug-likeness (QED) is 0.0715. The van der Waals surface area contributed by atoms with Crippen molar-refractivity contribution in [3.63, 3.8) is 0 Å². The summed E-state index contributed by atoms with van der Waals surface area (Å²) in [5.41, 5.74) is 8.96. The summed E-state index contributed by atoms with van der Waals surface area (Å²) >= 11 is 0. The standard InChI is InChI=1S/C37H41N5O6S.2C2HF3O2/c38-35(39)30-14-8-28(9-15-30)24-40-36(43)33-22-26-10-16-31(17-11-26)47-20-4-5-21-48-32-18-12-27(13-19-32)23-34(37(44)41-33)42-49(45,46)25-29-6-2-1-3-7-29;2*3-2(4,5)1(6)7/h1-3,6-19,33-34,42H,4-5,20-25H2,(H3,38,39)(H,40,43)(H,41,44);2*(H,6,7)/t33-,34+;;/m0../s1. The average molecular weight is 912 g/mol. The summed E-state index contributed by atoms with van der Waals surface area (Å²) in [4.78, 5) is 45.4. The van der Waals surface area contributed by atoms with E-state index in [0.29, 0.717) is 41.4 Å². The highest BCUT2D eigenvalue weighted by Crippen LogP contribution is 2.18. The number of rotatable bonds is 8. The van der Waals surface area contributed by atoms with E-state index in [9.17, 15) is 44.3 Å². The number of carbonyl (C=O) groups is 4. The molecule has 63 heavy (non-hydrogen) atoms. The van der Waals surface area contributed by atoms with Gasteiger partial charge in [0.25, 0.3) is 0 Å². The van der Waals surface area contributed by atoms with Crippen LogP contribution in [0.25, 0.3) is 0 Å². The second kappa shape index (κ2) is 23.5. The van der Waals surface area contributed by atoms with Crippen LogP contribution in [0, 0.1) is 5.41 Å². The van der Waals surface area contributed by atoms with E-state index in [4.69, 9.17) is 40.4 Å². The molecule has 4 aliphatic rings. The van der Waals surface area contributed by atoms with Crippen LogP contribution in [0.4, 0.5) is 26.3 Å². The molecule has 4 aliphatic heterocycles. The van der Waals surface area contributed by atoms with Gasteiger partial charge >= 0.3 is 24.3 Å². The Balaban J connectivity index is 0.000000650. The number of halogens is 6. The summed E-state index contributed by atoms with van der Waals surface area (Å²) in [5, 5.41) is 27.6. The first-order chi connectivity index (χ1) is 29.5. The molecule has 0 fully saturated rings. The second-order valence-corrected chi connectivity index (χ2v) is 15.3. The average Bonchev–Trinajstić information content (AvgIpc) is 3.21. The van der Waals surface area contributed by atoms with E-state index in [1.807, 2.05) is 24.3 Å². The molecule has 2 amide bonds. The molecule has 0 spiro atoms. The molecule has 4 bridgehead atoms. The molecule has 22 heteroatoms. The number of amidine groups is 1. The maximum Gasteiger partial charge on any atom is 0.490 e. The van der Waals surface area contributed by atoms with Crippen LogP contribution in [0.2, 0.25) is 0 Å². The van der Waals surface area contributed by atoms with Gasteiger partial charge in [0.15, 0.2) is 0 Å². The van der Waals surface area contributed by atoms with Crippen LogP contribution in [-0.4, -0.2) is 85.9 Å². The van der Waals surface area contributed by atoms with Crippen molar-refractivity contribution < 1.29 is 73.6 Å².